The number of alkyl halides is 1. The molecule has 0 unspecified atom stereocenters. The molecule has 0 radical (unpaired) electrons. The molecule has 9 heavy (non-hydrogen) atoms. The molecule has 0 aromatic carbocycles. The lowest BCUT2D eigenvalue weighted by molar-refractivity contribution is 0.386. The van der Waals surface area contributed by atoms with E-state index in [1.54, 1.807) is 0 Å². The second kappa shape index (κ2) is 2.96. The van der Waals surface area contributed by atoms with Crippen LogP contribution >= 0.6 is 15.9 Å². The number of nitrogens with zero attached hydrogens (tertiary/aromatic N) is 2. The second-order valence-electron chi connectivity index (χ2n) is 1.59. The Balaban J connectivity index is 2.74. The fourth-order valence-corrected chi connectivity index (χ4v) is 0.716. The van der Waals surface area contributed by atoms with Crippen molar-refractivity contribution in [3.8, 4) is 0 Å². The summed E-state index contributed by atoms with van der Waals surface area (Å²) in [5, 5.41) is 4.33. The van der Waals surface area contributed by atoms with Gasteiger partial charge >= 0.3 is 0 Å². The smallest absolute Gasteiger partial charge is 0.237 e. The zero-order valence-corrected chi connectivity index (χ0v) is 6.68. The molecule has 0 fully saturated rings. The van der Waals surface area contributed by atoms with Crippen LogP contribution in [0.15, 0.2) is 4.52 Å². The van der Waals surface area contributed by atoms with Crippen LogP contribution in [-0.4, -0.2) is 10.1 Å². The molecule has 3 nitrogen and oxygen atoms in total. The van der Waals surface area contributed by atoms with E-state index in [9.17, 15) is 0 Å². The third-order valence-corrected chi connectivity index (χ3v) is 1.42. The third-order valence-electron chi connectivity index (χ3n) is 0.941. The van der Waals surface area contributed by atoms with Gasteiger partial charge in [0, 0.05) is 6.42 Å². The van der Waals surface area contributed by atoms with Crippen molar-refractivity contribution in [3.63, 3.8) is 0 Å². The van der Waals surface area contributed by atoms with Crippen LogP contribution in [0.4, 0.5) is 0 Å². The van der Waals surface area contributed by atoms with E-state index in [1.807, 2.05) is 6.92 Å². The highest BCUT2D eigenvalue weighted by Crippen LogP contribution is 2.01. The lowest BCUT2D eigenvalue weighted by Gasteiger charge is -1.76. The van der Waals surface area contributed by atoms with Crippen LogP contribution in [0.5, 0.6) is 0 Å². The van der Waals surface area contributed by atoms with Gasteiger partial charge in [-0.1, -0.05) is 28.0 Å². The van der Waals surface area contributed by atoms with Gasteiger partial charge in [-0.05, 0) is 0 Å². The summed E-state index contributed by atoms with van der Waals surface area (Å²) in [6.45, 7) is 1.99. The van der Waals surface area contributed by atoms with Crippen LogP contribution in [0.1, 0.15) is 18.6 Å². The van der Waals surface area contributed by atoms with Crippen LogP contribution in [0.25, 0.3) is 0 Å². The number of hydrogen-bond donors (Lipinski definition) is 0. The van der Waals surface area contributed by atoms with E-state index in [0.717, 1.165) is 12.2 Å². The highest BCUT2D eigenvalue weighted by Gasteiger charge is 1.99. The normalized spacial score (nSPS) is 10.0. The SMILES string of the molecule is CCc1noc(CBr)n1. The summed E-state index contributed by atoms with van der Waals surface area (Å²) < 4.78 is 4.80. The summed E-state index contributed by atoms with van der Waals surface area (Å²) in [6, 6.07) is 0. The van der Waals surface area contributed by atoms with Crippen LogP contribution in [0, 0.1) is 0 Å². The van der Waals surface area contributed by atoms with Gasteiger partial charge in [0.2, 0.25) is 5.89 Å². The van der Waals surface area contributed by atoms with Crippen LogP contribution in [-0.2, 0) is 11.8 Å². The Hall–Kier alpha value is -0.380. The molecule has 0 saturated heterocycles. The maximum absolute atomic E-state index is 4.80. The first-order chi connectivity index (χ1) is 4.36. The minimum atomic E-state index is 0.639. The monoisotopic (exact) mass is 190 g/mol. The minimum absolute atomic E-state index is 0.639. The van der Waals surface area contributed by atoms with Crippen molar-refractivity contribution in [1.82, 2.24) is 10.1 Å². The predicted molar refractivity (Wildman–Crippen MR) is 36.3 cm³/mol. The van der Waals surface area contributed by atoms with Crippen molar-refractivity contribution >= 4 is 15.9 Å². The van der Waals surface area contributed by atoms with Gasteiger partial charge in [-0.25, -0.2) is 0 Å². The van der Waals surface area contributed by atoms with Gasteiger partial charge in [-0.15, -0.1) is 0 Å². The Labute approximate surface area is 61.6 Å². The average Bonchev–Trinajstić information content (AvgIpc) is 2.34. The van der Waals surface area contributed by atoms with Gasteiger partial charge in [0.05, 0.1) is 5.33 Å². The number of rotatable bonds is 2. The summed E-state index contributed by atoms with van der Waals surface area (Å²) in [7, 11) is 0. The quantitative estimate of drug-likeness (QED) is 0.665. The maximum atomic E-state index is 4.80. The molecule has 0 saturated carbocycles. The molecule has 0 N–H and O–H groups in total. The van der Waals surface area contributed by atoms with E-state index in [4.69, 9.17) is 4.52 Å². The molecule has 0 aliphatic carbocycles. The average molecular weight is 191 g/mol. The van der Waals surface area contributed by atoms with Gasteiger partial charge in [0.15, 0.2) is 5.82 Å². The summed E-state index contributed by atoms with van der Waals surface area (Å²) >= 11 is 3.20. The first kappa shape index (κ1) is 6.74. The topological polar surface area (TPSA) is 38.9 Å². The Morgan fingerprint density at radius 3 is 2.78 bits per heavy atom. The van der Waals surface area contributed by atoms with Crippen molar-refractivity contribution in [2.75, 3.05) is 0 Å². The third kappa shape index (κ3) is 1.51. The molecule has 1 aromatic heterocycles. The Bertz CT molecular complexity index is 168. The lowest BCUT2D eigenvalue weighted by Crippen LogP contribution is -1.81. The van der Waals surface area contributed by atoms with Gasteiger partial charge in [0.1, 0.15) is 0 Å². The fourth-order valence-electron chi connectivity index (χ4n) is 0.488. The molecule has 0 spiro atoms. The van der Waals surface area contributed by atoms with E-state index in [-0.39, 0.29) is 0 Å². The summed E-state index contributed by atoms with van der Waals surface area (Å²) in [5.74, 6) is 1.41. The fraction of sp³-hybridized carbons (Fsp3) is 0.600. The molecule has 50 valence electrons. The van der Waals surface area contributed by atoms with Gasteiger partial charge in [-0.2, -0.15) is 4.98 Å². The van der Waals surface area contributed by atoms with Crippen molar-refractivity contribution < 1.29 is 4.52 Å². The Morgan fingerprint density at radius 2 is 2.44 bits per heavy atom. The van der Waals surface area contributed by atoms with Crippen LogP contribution in [0.2, 0.25) is 0 Å². The zero-order chi connectivity index (χ0) is 6.69. The standard InChI is InChI=1S/C5H7BrN2O/c1-2-4-7-5(3-6)9-8-4/h2-3H2,1H3. The number of halogens is 1. The molecule has 0 aliphatic heterocycles. The zero-order valence-electron chi connectivity index (χ0n) is 5.09. The van der Waals surface area contributed by atoms with Crippen molar-refractivity contribution in [2.45, 2.75) is 18.7 Å². The highest BCUT2D eigenvalue weighted by molar-refractivity contribution is 9.08. The summed E-state index contributed by atoms with van der Waals surface area (Å²) in [6.07, 6.45) is 0.830. The van der Waals surface area contributed by atoms with E-state index < -0.39 is 0 Å². The molecule has 0 atom stereocenters. The van der Waals surface area contributed by atoms with Gasteiger partial charge < -0.3 is 4.52 Å². The number of aryl methyl sites for hydroxylation is 1. The molecule has 0 amide bonds. The molecule has 4 heteroatoms. The molecule has 0 bridgehead atoms. The highest BCUT2D eigenvalue weighted by atomic mass is 79.9. The van der Waals surface area contributed by atoms with E-state index in [1.165, 1.54) is 0 Å². The molecule has 1 heterocycles. The molecular weight excluding hydrogens is 184 g/mol. The molecule has 0 aliphatic rings. The second-order valence-corrected chi connectivity index (χ2v) is 2.15. The van der Waals surface area contributed by atoms with Crippen LogP contribution in [0.3, 0.4) is 0 Å². The predicted octanol–water partition coefficient (Wildman–Crippen LogP) is 1.53. The summed E-state index contributed by atoms with van der Waals surface area (Å²) in [4.78, 5) is 4.02. The minimum Gasteiger partial charge on any atom is -0.338 e. The molecule has 1 rings (SSSR count). The first-order valence-electron chi connectivity index (χ1n) is 2.74. The summed E-state index contributed by atoms with van der Waals surface area (Å²) in [5.41, 5.74) is 0. The Morgan fingerprint density at radius 1 is 1.67 bits per heavy atom. The maximum Gasteiger partial charge on any atom is 0.237 e. The Kier molecular flexibility index (Phi) is 2.22. The van der Waals surface area contributed by atoms with Crippen molar-refractivity contribution in [2.24, 2.45) is 0 Å². The largest absolute Gasteiger partial charge is 0.338 e. The number of aromatic nitrogens is 2. The molecule has 1 aromatic rings. The van der Waals surface area contributed by atoms with E-state index in [0.29, 0.717) is 11.2 Å². The first-order valence-corrected chi connectivity index (χ1v) is 3.86. The van der Waals surface area contributed by atoms with Crippen LogP contribution < -0.4 is 0 Å². The van der Waals surface area contributed by atoms with Gasteiger partial charge in [-0.3, -0.25) is 0 Å². The van der Waals surface area contributed by atoms with E-state index in [2.05, 4.69) is 26.1 Å². The van der Waals surface area contributed by atoms with Crippen molar-refractivity contribution in [3.05, 3.63) is 11.7 Å². The van der Waals surface area contributed by atoms with Crippen molar-refractivity contribution in [1.29, 1.82) is 0 Å². The molecular formula is C5H7BrN2O. The lowest BCUT2D eigenvalue weighted by atomic mass is 10.5. The van der Waals surface area contributed by atoms with E-state index >= 15 is 0 Å². The number of hydrogen-bond acceptors (Lipinski definition) is 3. The van der Waals surface area contributed by atoms with Gasteiger partial charge in [0.25, 0.3) is 0 Å².